The fourth-order valence-electron chi connectivity index (χ4n) is 1.05. The number of aryl methyl sites for hydroxylation is 2. The molecule has 102 valence electrons. The third-order valence-electron chi connectivity index (χ3n) is 2.48. The van der Waals surface area contributed by atoms with Crippen LogP contribution in [0.2, 0.25) is 0 Å². The van der Waals surface area contributed by atoms with E-state index >= 15 is 0 Å². The third-order valence-corrected chi connectivity index (χ3v) is 5.50. The molecule has 0 radical (unpaired) electrons. The van der Waals surface area contributed by atoms with Crippen LogP contribution in [0.4, 0.5) is 0 Å². The molecule has 6 nitrogen and oxygen atoms in total. The van der Waals surface area contributed by atoms with Crippen LogP contribution in [-0.2, 0) is 14.8 Å². The lowest BCUT2D eigenvalue weighted by atomic mass is 10.1. The van der Waals surface area contributed by atoms with E-state index in [9.17, 15) is 18.3 Å². The second kappa shape index (κ2) is 4.96. The number of carboxylic acids is 1. The zero-order valence-electron chi connectivity index (χ0n) is 10.2. The molecule has 1 heterocycles. The Labute approximate surface area is 109 Å². The Hall–Kier alpha value is -0.960. The Morgan fingerprint density at radius 1 is 1.50 bits per heavy atom. The van der Waals surface area contributed by atoms with Crippen molar-refractivity contribution in [3.05, 3.63) is 16.5 Å². The first-order valence-electron chi connectivity index (χ1n) is 5.09. The minimum Gasteiger partial charge on any atom is -0.479 e. The van der Waals surface area contributed by atoms with Gasteiger partial charge in [0.15, 0.2) is 5.60 Å². The van der Waals surface area contributed by atoms with Crippen LogP contribution in [0.5, 0.6) is 0 Å². The van der Waals surface area contributed by atoms with Crippen molar-refractivity contribution < 1.29 is 23.4 Å². The molecule has 1 rings (SSSR count). The van der Waals surface area contributed by atoms with Crippen molar-refractivity contribution in [1.82, 2.24) is 4.72 Å². The van der Waals surface area contributed by atoms with E-state index in [1.807, 2.05) is 0 Å². The van der Waals surface area contributed by atoms with Crippen molar-refractivity contribution in [3.63, 3.8) is 0 Å². The molecule has 0 aromatic carbocycles. The van der Waals surface area contributed by atoms with Crippen molar-refractivity contribution in [2.24, 2.45) is 0 Å². The second-order valence-corrected chi connectivity index (χ2v) is 7.46. The summed E-state index contributed by atoms with van der Waals surface area (Å²) in [6.45, 7) is 4.04. The fraction of sp³-hybridized carbons (Fsp3) is 0.500. The van der Waals surface area contributed by atoms with Gasteiger partial charge >= 0.3 is 5.97 Å². The number of carboxylic acid groups (broad SMARTS) is 1. The summed E-state index contributed by atoms with van der Waals surface area (Å²) in [5, 5.41) is 18.1. The molecule has 0 aliphatic heterocycles. The summed E-state index contributed by atoms with van der Waals surface area (Å²) in [5.74, 6) is -1.48. The molecule has 0 aliphatic rings. The summed E-state index contributed by atoms with van der Waals surface area (Å²) in [6.07, 6.45) is 0. The van der Waals surface area contributed by atoms with E-state index in [4.69, 9.17) is 5.11 Å². The van der Waals surface area contributed by atoms with E-state index in [1.165, 1.54) is 6.07 Å². The number of thiophene rings is 1. The van der Waals surface area contributed by atoms with Crippen LogP contribution in [0.15, 0.2) is 10.3 Å². The maximum atomic E-state index is 11.9. The molecule has 18 heavy (non-hydrogen) atoms. The van der Waals surface area contributed by atoms with Crippen LogP contribution in [0.1, 0.15) is 17.4 Å². The molecule has 1 atom stereocenters. The summed E-state index contributed by atoms with van der Waals surface area (Å²) in [4.78, 5) is 11.5. The molecule has 0 aliphatic carbocycles. The standard InChI is InChI=1S/C10H15NO5S2/c1-6-4-8(17-7(6)2)18(15,16)11-5-10(3,14)9(12)13/h4,11,14H,5H2,1-3H3,(H,12,13). The molecule has 0 saturated heterocycles. The highest BCUT2D eigenvalue weighted by atomic mass is 32.2. The van der Waals surface area contributed by atoms with Gasteiger partial charge < -0.3 is 10.2 Å². The smallest absolute Gasteiger partial charge is 0.336 e. The normalized spacial score (nSPS) is 15.3. The number of hydrogen-bond acceptors (Lipinski definition) is 5. The van der Waals surface area contributed by atoms with Crippen LogP contribution in [-0.4, -0.2) is 36.7 Å². The number of rotatable bonds is 5. The van der Waals surface area contributed by atoms with Crippen molar-refractivity contribution in [3.8, 4) is 0 Å². The molecule has 0 amide bonds. The summed E-state index contributed by atoms with van der Waals surface area (Å²) in [5.41, 5.74) is -1.28. The Bertz CT molecular complexity index is 539. The number of carbonyl (C=O) groups is 1. The van der Waals surface area contributed by atoms with Gasteiger partial charge in [-0.2, -0.15) is 0 Å². The van der Waals surface area contributed by atoms with Gasteiger partial charge in [-0.15, -0.1) is 11.3 Å². The zero-order valence-corrected chi connectivity index (χ0v) is 11.9. The molecule has 0 spiro atoms. The number of sulfonamides is 1. The summed E-state index contributed by atoms with van der Waals surface area (Å²) < 4.78 is 25.9. The SMILES string of the molecule is Cc1cc(S(=O)(=O)NCC(C)(O)C(=O)O)sc1C. The number of hydrogen-bond donors (Lipinski definition) is 3. The lowest BCUT2D eigenvalue weighted by Crippen LogP contribution is -2.46. The average molecular weight is 293 g/mol. The Morgan fingerprint density at radius 2 is 2.06 bits per heavy atom. The number of nitrogens with one attached hydrogen (secondary N) is 1. The summed E-state index contributed by atoms with van der Waals surface area (Å²) in [7, 11) is -3.78. The minimum atomic E-state index is -3.78. The van der Waals surface area contributed by atoms with Gasteiger partial charge in [0, 0.05) is 4.88 Å². The topological polar surface area (TPSA) is 104 Å². The highest BCUT2D eigenvalue weighted by molar-refractivity contribution is 7.91. The minimum absolute atomic E-state index is 0.110. The first kappa shape index (κ1) is 15.1. The fourth-order valence-corrected chi connectivity index (χ4v) is 3.75. The highest BCUT2D eigenvalue weighted by Crippen LogP contribution is 2.24. The van der Waals surface area contributed by atoms with Crippen molar-refractivity contribution in [1.29, 1.82) is 0 Å². The molecule has 0 bridgehead atoms. The molecule has 0 fully saturated rings. The van der Waals surface area contributed by atoms with Gasteiger partial charge in [0.25, 0.3) is 0 Å². The predicted octanol–water partition coefficient (Wildman–Crippen LogP) is 0.479. The van der Waals surface area contributed by atoms with Gasteiger partial charge in [-0.25, -0.2) is 17.9 Å². The molecular weight excluding hydrogens is 278 g/mol. The van der Waals surface area contributed by atoms with E-state index in [1.54, 1.807) is 13.8 Å². The van der Waals surface area contributed by atoms with Gasteiger partial charge in [-0.3, -0.25) is 0 Å². The number of aliphatic hydroxyl groups is 1. The number of aliphatic carboxylic acids is 1. The van der Waals surface area contributed by atoms with Crippen LogP contribution in [0, 0.1) is 13.8 Å². The average Bonchev–Trinajstić information content (AvgIpc) is 2.57. The van der Waals surface area contributed by atoms with Gasteiger partial charge in [-0.05, 0) is 32.4 Å². The molecule has 1 aromatic rings. The first-order valence-corrected chi connectivity index (χ1v) is 7.39. The van der Waals surface area contributed by atoms with E-state index in [-0.39, 0.29) is 4.21 Å². The van der Waals surface area contributed by atoms with Crippen LogP contribution in [0.3, 0.4) is 0 Å². The van der Waals surface area contributed by atoms with Crippen molar-refractivity contribution >= 4 is 27.3 Å². The van der Waals surface area contributed by atoms with Gasteiger partial charge in [0.05, 0.1) is 6.54 Å². The maximum absolute atomic E-state index is 11.9. The zero-order chi connectivity index (χ0) is 14.1. The largest absolute Gasteiger partial charge is 0.479 e. The van der Waals surface area contributed by atoms with Gasteiger partial charge in [0.1, 0.15) is 4.21 Å². The van der Waals surface area contributed by atoms with Crippen LogP contribution < -0.4 is 4.72 Å². The molecule has 3 N–H and O–H groups in total. The Balaban J connectivity index is 2.87. The molecule has 1 unspecified atom stereocenters. The Kier molecular flexibility index (Phi) is 4.16. The first-order chi connectivity index (χ1) is 8.06. The molecule has 0 saturated carbocycles. The third kappa shape index (κ3) is 3.29. The van der Waals surface area contributed by atoms with Crippen LogP contribution in [0.25, 0.3) is 0 Å². The van der Waals surface area contributed by atoms with Crippen molar-refractivity contribution in [2.75, 3.05) is 6.54 Å². The lowest BCUT2D eigenvalue weighted by Gasteiger charge is -2.17. The van der Waals surface area contributed by atoms with Gasteiger partial charge in [-0.1, -0.05) is 0 Å². The van der Waals surface area contributed by atoms with E-state index in [0.29, 0.717) is 0 Å². The van der Waals surface area contributed by atoms with E-state index in [2.05, 4.69) is 4.72 Å². The summed E-state index contributed by atoms with van der Waals surface area (Å²) in [6, 6.07) is 1.51. The highest BCUT2D eigenvalue weighted by Gasteiger charge is 2.32. The molecule has 8 heteroatoms. The van der Waals surface area contributed by atoms with E-state index in [0.717, 1.165) is 28.7 Å². The van der Waals surface area contributed by atoms with Crippen molar-refractivity contribution in [2.45, 2.75) is 30.6 Å². The monoisotopic (exact) mass is 293 g/mol. The van der Waals surface area contributed by atoms with E-state index < -0.39 is 28.1 Å². The quantitative estimate of drug-likeness (QED) is 0.732. The maximum Gasteiger partial charge on any atom is 0.336 e. The van der Waals surface area contributed by atoms with Gasteiger partial charge in [0.2, 0.25) is 10.0 Å². The Morgan fingerprint density at radius 3 is 2.44 bits per heavy atom. The van der Waals surface area contributed by atoms with Crippen LogP contribution >= 0.6 is 11.3 Å². The molecule has 1 aromatic heterocycles. The second-order valence-electron chi connectivity index (χ2n) is 4.21. The molecular formula is C10H15NO5S2. The lowest BCUT2D eigenvalue weighted by molar-refractivity contribution is -0.155. The summed E-state index contributed by atoms with van der Waals surface area (Å²) >= 11 is 1.10. The predicted molar refractivity (Wildman–Crippen MR) is 67.2 cm³/mol.